The molecular formula is C18H30N4O. The fraction of sp³-hybridized carbons (Fsp3) is 0.611. The standard InChI is InChI=1S/C18H30N4O/c1-4-21-11-13-22(14-12-21)10-6-9-19-18(23)16-7-5-8-17(15-16)20(2)3/h5,7-8,15H,4,6,9-14H2,1-3H3,(H,19,23). The van der Waals surface area contributed by atoms with Crippen LogP contribution in [0.25, 0.3) is 0 Å². The van der Waals surface area contributed by atoms with Gasteiger partial charge in [0.05, 0.1) is 0 Å². The summed E-state index contributed by atoms with van der Waals surface area (Å²) in [7, 11) is 3.96. The maximum absolute atomic E-state index is 12.2. The highest BCUT2D eigenvalue weighted by Crippen LogP contribution is 2.13. The molecule has 0 bridgehead atoms. The molecule has 0 radical (unpaired) electrons. The first-order valence-corrected chi connectivity index (χ1v) is 8.60. The van der Waals surface area contributed by atoms with Gasteiger partial charge in [-0.3, -0.25) is 4.79 Å². The zero-order valence-electron chi connectivity index (χ0n) is 14.7. The Balaban J connectivity index is 1.68. The van der Waals surface area contributed by atoms with Crippen molar-refractivity contribution in [2.75, 3.05) is 64.8 Å². The summed E-state index contributed by atoms with van der Waals surface area (Å²) in [5, 5.41) is 3.03. The van der Waals surface area contributed by atoms with Crippen molar-refractivity contribution in [1.82, 2.24) is 15.1 Å². The smallest absolute Gasteiger partial charge is 0.251 e. The summed E-state index contributed by atoms with van der Waals surface area (Å²) in [6, 6.07) is 7.73. The van der Waals surface area contributed by atoms with Gasteiger partial charge in [0.2, 0.25) is 0 Å². The van der Waals surface area contributed by atoms with Gasteiger partial charge in [-0.15, -0.1) is 0 Å². The second kappa shape index (κ2) is 8.89. The number of hydrogen-bond donors (Lipinski definition) is 1. The molecule has 1 aliphatic heterocycles. The van der Waals surface area contributed by atoms with Gasteiger partial charge in [0.15, 0.2) is 0 Å². The Kier molecular flexibility index (Phi) is 6.86. The normalized spacial score (nSPS) is 16.3. The fourth-order valence-corrected chi connectivity index (χ4v) is 2.86. The largest absolute Gasteiger partial charge is 0.378 e. The van der Waals surface area contributed by atoms with Crippen LogP contribution in [0.4, 0.5) is 5.69 Å². The van der Waals surface area contributed by atoms with Gasteiger partial charge in [-0.2, -0.15) is 0 Å². The molecule has 23 heavy (non-hydrogen) atoms. The molecule has 0 spiro atoms. The van der Waals surface area contributed by atoms with Crippen molar-refractivity contribution in [2.45, 2.75) is 13.3 Å². The lowest BCUT2D eigenvalue weighted by molar-refractivity contribution is 0.0948. The lowest BCUT2D eigenvalue weighted by Crippen LogP contribution is -2.46. The number of anilines is 1. The predicted octanol–water partition coefficient (Wildman–Crippen LogP) is 1.51. The number of likely N-dealkylation sites (N-methyl/N-ethyl adjacent to an activating group) is 1. The first kappa shape index (κ1) is 17.8. The third kappa shape index (κ3) is 5.52. The van der Waals surface area contributed by atoms with Crippen molar-refractivity contribution < 1.29 is 4.79 Å². The molecule has 0 aliphatic carbocycles. The van der Waals surface area contributed by atoms with Crippen molar-refractivity contribution in [2.24, 2.45) is 0 Å². The van der Waals surface area contributed by atoms with Crippen LogP contribution in [0.15, 0.2) is 24.3 Å². The third-order valence-corrected chi connectivity index (χ3v) is 4.47. The second-order valence-corrected chi connectivity index (χ2v) is 6.33. The van der Waals surface area contributed by atoms with Crippen LogP contribution in [0.5, 0.6) is 0 Å². The van der Waals surface area contributed by atoms with Crippen LogP contribution in [-0.2, 0) is 0 Å². The lowest BCUT2D eigenvalue weighted by atomic mass is 10.2. The van der Waals surface area contributed by atoms with Crippen LogP contribution in [0.2, 0.25) is 0 Å². The van der Waals surface area contributed by atoms with Crippen LogP contribution in [0.1, 0.15) is 23.7 Å². The predicted molar refractivity (Wildman–Crippen MR) is 96.3 cm³/mol. The topological polar surface area (TPSA) is 38.8 Å². The van der Waals surface area contributed by atoms with Crippen molar-refractivity contribution in [3.63, 3.8) is 0 Å². The number of nitrogens with one attached hydrogen (secondary N) is 1. The number of benzene rings is 1. The molecule has 1 aliphatic rings. The Hall–Kier alpha value is -1.59. The Morgan fingerprint density at radius 3 is 2.52 bits per heavy atom. The fourth-order valence-electron chi connectivity index (χ4n) is 2.86. The molecule has 0 saturated carbocycles. The number of amides is 1. The van der Waals surface area contributed by atoms with E-state index in [2.05, 4.69) is 22.0 Å². The monoisotopic (exact) mass is 318 g/mol. The average Bonchev–Trinajstić information content (AvgIpc) is 2.59. The number of piperazine rings is 1. The Labute approximate surface area is 140 Å². The van der Waals surface area contributed by atoms with E-state index in [0.717, 1.165) is 50.4 Å². The van der Waals surface area contributed by atoms with Gasteiger partial charge in [0, 0.05) is 58.1 Å². The molecule has 1 N–H and O–H groups in total. The zero-order valence-corrected chi connectivity index (χ0v) is 14.7. The minimum absolute atomic E-state index is 0.0181. The highest BCUT2D eigenvalue weighted by molar-refractivity contribution is 5.95. The Morgan fingerprint density at radius 2 is 1.87 bits per heavy atom. The van der Waals surface area contributed by atoms with Gasteiger partial charge in [-0.1, -0.05) is 13.0 Å². The van der Waals surface area contributed by atoms with E-state index in [1.807, 2.05) is 43.3 Å². The number of hydrogen-bond acceptors (Lipinski definition) is 4. The number of carbonyl (C=O) groups is 1. The summed E-state index contributed by atoms with van der Waals surface area (Å²) < 4.78 is 0. The highest BCUT2D eigenvalue weighted by Gasteiger charge is 2.14. The van der Waals surface area contributed by atoms with Gasteiger partial charge in [0.1, 0.15) is 0 Å². The van der Waals surface area contributed by atoms with E-state index in [0.29, 0.717) is 0 Å². The molecule has 1 amide bonds. The van der Waals surface area contributed by atoms with E-state index in [1.54, 1.807) is 0 Å². The van der Waals surface area contributed by atoms with E-state index in [-0.39, 0.29) is 5.91 Å². The molecule has 1 aromatic carbocycles. The maximum atomic E-state index is 12.2. The molecule has 128 valence electrons. The molecule has 0 unspecified atom stereocenters. The molecule has 1 aromatic rings. The van der Waals surface area contributed by atoms with Crippen LogP contribution in [0.3, 0.4) is 0 Å². The summed E-state index contributed by atoms with van der Waals surface area (Å²) in [6.07, 6.45) is 1.01. The Morgan fingerprint density at radius 1 is 1.17 bits per heavy atom. The average molecular weight is 318 g/mol. The molecule has 0 aromatic heterocycles. The maximum Gasteiger partial charge on any atom is 0.251 e. The van der Waals surface area contributed by atoms with Crippen LogP contribution in [0, 0.1) is 0 Å². The van der Waals surface area contributed by atoms with Crippen molar-refractivity contribution in [3.8, 4) is 0 Å². The van der Waals surface area contributed by atoms with Gasteiger partial charge in [-0.25, -0.2) is 0 Å². The van der Waals surface area contributed by atoms with Crippen LogP contribution in [-0.4, -0.2) is 75.6 Å². The van der Waals surface area contributed by atoms with E-state index in [4.69, 9.17) is 0 Å². The first-order valence-electron chi connectivity index (χ1n) is 8.60. The summed E-state index contributed by atoms with van der Waals surface area (Å²) in [4.78, 5) is 19.2. The van der Waals surface area contributed by atoms with Crippen LogP contribution < -0.4 is 10.2 Å². The molecular weight excluding hydrogens is 288 g/mol. The van der Waals surface area contributed by atoms with Crippen LogP contribution >= 0.6 is 0 Å². The molecule has 1 fully saturated rings. The summed E-state index contributed by atoms with van der Waals surface area (Å²) in [6.45, 7) is 9.79. The zero-order chi connectivity index (χ0) is 16.7. The minimum atomic E-state index is 0.0181. The van der Waals surface area contributed by atoms with E-state index in [9.17, 15) is 4.79 Å². The molecule has 1 heterocycles. The third-order valence-electron chi connectivity index (χ3n) is 4.47. The van der Waals surface area contributed by atoms with Crippen molar-refractivity contribution >= 4 is 11.6 Å². The van der Waals surface area contributed by atoms with E-state index < -0.39 is 0 Å². The van der Waals surface area contributed by atoms with Crippen molar-refractivity contribution in [3.05, 3.63) is 29.8 Å². The molecule has 1 saturated heterocycles. The summed E-state index contributed by atoms with van der Waals surface area (Å²) >= 11 is 0. The number of rotatable bonds is 7. The van der Waals surface area contributed by atoms with Crippen molar-refractivity contribution in [1.29, 1.82) is 0 Å². The van der Waals surface area contributed by atoms with Gasteiger partial charge in [0.25, 0.3) is 5.91 Å². The van der Waals surface area contributed by atoms with E-state index in [1.165, 1.54) is 13.1 Å². The van der Waals surface area contributed by atoms with Gasteiger partial charge in [-0.05, 0) is 37.7 Å². The Bertz CT molecular complexity index is 496. The summed E-state index contributed by atoms with van der Waals surface area (Å²) in [5.74, 6) is 0.0181. The number of nitrogens with zero attached hydrogens (tertiary/aromatic N) is 3. The first-order chi connectivity index (χ1) is 11.1. The quantitative estimate of drug-likeness (QED) is 0.774. The summed E-state index contributed by atoms with van der Waals surface area (Å²) in [5.41, 5.74) is 1.78. The minimum Gasteiger partial charge on any atom is -0.378 e. The SMILES string of the molecule is CCN1CCN(CCCNC(=O)c2cccc(N(C)C)c2)CC1. The highest BCUT2D eigenvalue weighted by atomic mass is 16.1. The van der Waals surface area contributed by atoms with Gasteiger partial charge < -0.3 is 20.0 Å². The number of carbonyl (C=O) groups excluding carboxylic acids is 1. The second-order valence-electron chi connectivity index (χ2n) is 6.33. The molecule has 5 nitrogen and oxygen atoms in total. The lowest BCUT2D eigenvalue weighted by Gasteiger charge is -2.33. The molecule has 2 rings (SSSR count). The van der Waals surface area contributed by atoms with E-state index >= 15 is 0 Å². The molecule has 5 heteroatoms. The van der Waals surface area contributed by atoms with Gasteiger partial charge >= 0.3 is 0 Å². The molecule has 0 atom stereocenters.